The normalized spacial score (nSPS) is 12.7. The maximum absolute atomic E-state index is 15.1. The van der Waals surface area contributed by atoms with E-state index in [4.69, 9.17) is 21.2 Å². The van der Waals surface area contributed by atoms with Crippen molar-refractivity contribution < 1.29 is 19.1 Å². The van der Waals surface area contributed by atoms with E-state index >= 15 is 4.39 Å². The zero-order chi connectivity index (χ0) is 21.0. The van der Waals surface area contributed by atoms with Crippen LogP contribution in [0.3, 0.4) is 0 Å². The molecule has 0 radical (unpaired) electrons. The van der Waals surface area contributed by atoms with Gasteiger partial charge in [0.25, 0.3) is 0 Å². The third kappa shape index (κ3) is 5.60. The minimum absolute atomic E-state index is 0.0245. The van der Waals surface area contributed by atoms with Crippen molar-refractivity contribution in [3.63, 3.8) is 0 Å². The molecule has 0 aliphatic rings. The van der Waals surface area contributed by atoms with Gasteiger partial charge in [0.2, 0.25) is 0 Å². The van der Waals surface area contributed by atoms with E-state index in [1.807, 2.05) is 13.8 Å². The fourth-order valence-corrected chi connectivity index (χ4v) is 3.83. The van der Waals surface area contributed by atoms with Crippen LogP contribution in [0.15, 0.2) is 28.7 Å². The molecule has 156 valence electrons. The van der Waals surface area contributed by atoms with Crippen LogP contribution in [-0.4, -0.2) is 34.0 Å². The molecule has 3 rings (SSSR count). The maximum atomic E-state index is 15.1. The van der Waals surface area contributed by atoms with Crippen LogP contribution in [-0.2, 0) is 9.57 Å². The Morgan fingerprint density at radius 1 is 1.31 bits per heavy atom. The number of nitrogens with one attached hydrogen (secondary N) is 2. The number of aliphatic hydroxyl groups excluding tert-OH is 1. The lowest BCUT2D eigenvalue weighted by atomic mass is 10.1. The second-order valence-corrected chi connectivity index (χ2v) is 8.42. The summed E-state index contributed by atoms with van der Waals surface area (Å²) in [6.45, 7) is 4.38. The quantitative estimate of drug-likeness (QED) is 0.216. The molecular weight excluding hydrogens is 487 g/mol. The third-order valence-electron chi connectivity index (χ3n) is 3.83. The van der Waals surface area contributed by atoms with Crippen molar-refractivity contribution in [1.82, 2.24) is 15.1 Å². The van der Waals surface area contributed by atoms with Gasteiger partial charge in [0.05, 0.1) is 40.4 Å². The lowest BCUT2D eigenvalue weighted by molar-refractivity contribution is -0.0804. The predicted octanol–water partition coefficient (Wildman–Crippen LogP) is 4.93. The van der Waals surface area contributed by atoms with Gasteiger partial charge in [0, 0.05) is 10.0 Å². The van der Waals surface area contributed by atoms with E-state index < -0.39 is 12.0 Å². The van der Waals surface area contributed by atoms with Crippen LogP contribution in [0.2, 0.25) is 5.02 Å². The van der Waals surface area contributed by atoms with E-state index in [0.717, 1.165) is 16.0 Å². The molecule has 7 nitrogen and oxygen atoms in total. The van der Waals surface area contributed by atoms with Crippen LogP contribution in [0.4, 0.5) is 15.8 Å². The molecule has 11 heteroatoms. The Labute approximate surface area is 184 Å². The van der Waals surface area contributed by atoms with Crippen molar-refractivity contribution in [1.29, 1.82) is 0 Å². The van der Waals surface area contributed by atoms with Gasteiger partial charge in [0.1, 0.15) is 5.52 Å². The highest BCUT2D eigenvalue weighted by molar-refractivity contribution is 9.10. The molecule has 0 spiro atoms. The molecule has 0 saturated carbocycles. The Balaban J connectivity index is 1.86. The minimum atomic E-state index is -1.31. The summed E-state index contributed by atoms with van der Waals surface area (Å²) in [5, 5.41) is 17.7. The Morgan fingerprint density at radius 2 is 2.10 bits per heavy atom. The molecule has 1 heterocycles. The highest BCUT2D eigenvalue weighted by Crippen LogP contribution is 2.36. The molecule has 1 atom stereocenters. The molecule has 0 fully saturated rings. The van der Waals surface area contributed by atoms with Crippen LogP contribution in [0.25, 0.3) is 10.2 Å². The molecule has 0 bridgehead atoms. The first kappa shape index (κ1) is 22.3. The number of aromatic nitrogens is 2. The summed E-state index contributed by atoms with van der Waals surface area (Å²) in [6, 6.07) is 6.74. The van der Waals surface area contributed by atoms with Crippen molar-refractivity contribution >= 4 is 60.7 Å². The van der Waals surface area contributed by atoms with Crippen LogP contribution in [0.5, 0.6) is 0 Å². The van der Waals surface area contributed by atoms with Gasteiger partial charge >= 0.3 is 0 Å². The number of hydrogen-bond donors (Lipinski definition) is 3. The molecule has 0 aliphatic heterocycles. The number of hydrogen-bond acceptors (Lipinski definition) is 8. The molecule has 2 aromatic carbocycles. The van der Waals surface area contributed by atoms with Crippen molar-refractivity contribution in [2.24, 2.45) is 0 Å². The molecule has 0 aliphatic carbocycles. The first-order chi connectivity index (χ1) is 13.9. The van der Waals surface area contributed by atoms with Crippen molar-refractivity contribution in [2.75, 3.05) is 18.5 Å². The summed E-state index contributed by atoms with van der Waals surface area (Å²) in [5.74, 6) is -0.644. The van der Waals surface area contributed by atoms with E-state index in [-0.39, 0.29) is 29.5 Å². The van der Waals surface area contributed by atoms with Crippen LogP contribution in [0, 0.1) is 5.82 Å². The molecule has 29 heavy (non-hydrogen) atoms. The number of halogens is 3. The van der Waals surface area contributed by atoms with Gasteiger partial charge in [-0.15, -0.1) is 5.10 Å². The van der Waals surface area contributed by atoms with Crippen LogP contribution < -0.4 is 10.8 Å². The van der Waals surface area contributed by atoms with Gasteiger partial charge in [-0.2, -0.15) is 5.48 Å². The highest BCUT2D eigenvalue weighted by Gasteiger charge is 2.22. The number of rotatable bonds is 9. The van der Waals surface area contributed by atoms with E-state index in [0.29, 0.717) is 22.0 Å². The molecule has 1 aromatic heterocycles. The third-order valence-corrected chi connectivity index (χ3v) is 5.31. The zero-order valence-corrected chi connectivity index (χ0v) is 18.7. The smallest absolute Gasteiger partial charge is 0.176 e. The fraction of sp³-hybridized carbons (Fsp3) is 0.333. The van der Waals surface area contributed by atoms with E-state index in [2.05, 4.69) is 36.3 Å². The van der Waals surface area contributed by atoms with E-state index in [9.17, 15) is 5.11 Å². The first-order valence-electron chi connectivity index (χ1n) is 8.70. The molecule has 3 aromatic rings. The Bertz CT molecular complexity index is 991. The van der Waals surface area contributed by atoms with Gasteiger partial charge in [-0.25, -0.2) is 4.39 Å². The highest BCUT2D eigenvalue weighted by atomic mass is 79.9. The number of aliphatic hydroxyl groups is 1. The second kappa shape index (κ2) is 10.1. The standard InChI is InChI=1S/C18H19BrClFN4O3S/c1-9(2)27-5-6-28-24-18(26)11-8-14-17(23-25-29-14)15(21)16(11)22-13-4-3-10(19)7-12(13)20/h3-4,7-9,18,22,24,26H,5-6H2,1-2H3. The Kier molecular flexibility index (Phi) is 7.74. The first-order valence-corrected chi connectivity index (χ1v) is 10.6. The minimum Gasteiger partial charge on any atom is -0.376 e. The second-order valence-electron chi connectivity index (χ2n) is 6.31. The summed E-state index contributed by atoms with van der Waals surface area (Å²) >= 11 is 10.6. The number of benzene rings is 2. The van der Waals surface area contributed by atoms with E-state index in [1.54, 1.807) is 24.3 Å². The van der Waals surface area contributed by atoms with E-state index in [1.165, 1.54) is 0 Å². The number of hydroxylamine groups is 1. The Hall–Kier alpha value is -1.40. The molecule has 0 amide bonds. The van der Waals surface area contributed by atoms with Gasteiger partial charge in [0.15, 0.2) is 12.0 Å². The lowest BCUT2D eigenvalue weighted by Gasteiger charge is -2.19. The molecule has 0 saturated heterocycles. The molecular formula is C18H19BrClFN4O3S. The number of ether oxygens (including phenoxy) is 1. The SMILES string of the molecule is CC(C)OCCONC(O)c1cc2snnc2c(F)c1Nc1ccc(Br)cc1Cl. The van der Waals surface area contributed by atoms with Crippen molar-refractivity contribution in [3.8, 4) is 0 Å². The summed E-state index contributed by atoms with van der Waals surface area (Å²) in [7, 11) is 0. The van der Waals surface area contributed by atoms with Crippen LogP contribution >= 0.6 is 39.1 Å². The summed E-state index contributed by atoms with van der Waals surface area (Å²) in [6.07, 6.45) is -1.24. The van der Waals surface area contributed by atoms with Gasteiger partial charge in [-0.3, -0.25) is 4.84 Å². The zero-order valence-electron chi connectivity index (χ0n) is 15.6. The topological polar surface area (TPSA) is 88.5 Å². The number of anilines is 2. The van der Waals surface area contributed by atoms with Gasteiger partial charge in [-0.05, 0) is 49.6 Å². The summed E-state index contributed by atoms with van der Waals surface area (Å²) in [4.78, 5) is 5.24. The van der Waals surface area contributed by atoms with Crippen molar-refractivity contribution in [3.05, 3.63) is 45.1 Å². The molecule has 3 N–H and O–H groups in total. The predicted molar refractivity (Wildman–Crippen MR) is 115 cm³/mol. The largest absolute Gasteiger partial charge is 0.376 e. The lowest BCUT2D eigenvalue weighted by Crippen LogP contribution is -2.25. The summed E-state index contributed by atoms with van der Waals surface area (Å²) in [5.41, 5.74) is 3.32. The Morgan fingerprint density at radius 3 is 2.83 bits per heavy atom. The molecule has 1 unspecified atom stereocenters. The maximum Gasteiger partial charge on any atom is 0.176 e. The number of nitrogens with zero attached hydrogens (tertiary/aromatic N) is 2. The average molecular weight is 506 g/mol. The average Bonchev–Trinajstić information content (AvgIpc) is 3.14. The fourth-order valence-electron chi connectivity index (χ4n) is 2.50. The van der Waals surface area contributed by atoms with Crippen molar-refractivity contribution in [2.45, 2.75) is 26.2 Å². The number of fused-ring (bicyclic) bond motifs is 1. The monoisotopic (exact) mass is 504 g/mol. The van der Waals surface area contributed by atoms with Gasteiger partial charge < -0.3 is 15.2 Å². The van der Waals surface area contributed by atoms with Gasteiger partial charge in [-0.1, -0.05) is 32.0 Å². The van der Waals surface area contributed by atoms with Crippen LogP contribution in [0.1, 0.15) is 25.6 Å². The summed E-state index contributed by atoms with van der Waals surface area (Å²) < 4.78 is 25.6.